The lowest BCUT2D eigenvalue weighted by Gasteiger charge is -2.01. The maximum atomic E-state index is 14.9. The molecule has 0 bridgehead atoms. The molecule has 0 saturated carbocycles. The summed E-state index contributed by atoms with van der Waals surface area (Å²) in [7, 11) is 0. The Labute approximate surface area is 149 Å². The summed E-state index contributed by atoms with van der Waals surface area (Å²) in [4.78, 5) is 13.2. The highest BCUT2D eigenvalue weighted by Gasteiger charge is 2.24. The predicted octanol–water partition coefficient (Wildman–Crippen LogP) is 3.22. The zero-order chi connectivity index (χ0) is 17.8. The lowest BCUT2D eigenvalue weighted by Crippen LogP contribution is -2.01. The van der Waals surface area contributed by atoms with Crippen molar-refractivity contribution >= 4 is 5.65 Å². The van der Waals surface area contributed by atoms with Crippen LogP contribution >= 0.6 is 0 Å². The fourth-order valence-electron chi connectivity index (χ4n) is 3.48. The third-order valence-electron chi connectivity index (χ3n) is 4.82. The van der Waals surface area contributed by atoms with E-state index in [1.807, 2.05) is 32.2 Å². The minimum Gasteiger partial charge on any atom is -0.326 e. The molecular formula is C19H17FN6. The van der Waals surface area contributed by atoms with E-state index in [0.29, 0.717) is 11.3 Å². The zero-order valence-electron chi connectivity index (χ0n) is 14.5. The van der Waals surface area contributed by atoms with Gasteiger partial charge in [0.05, 0.1) is 17.1 Å². The van der Waals surface area contributed by atoms with Gasteiger partial charge in [0.25, 0.3) is 0 Å². The van der Waals surface area contributed by atoms with Crippen molar-refractivity contribution in [3.8, 4) is 11.4 Å². The van der Waals surface area contributed by atoms with E-state index in [-0.39, 0.29) is 12.2 Å². The Morgan fingerprint density at radius 2 is 2.04 bits per heavy atom. The summed E-state index contributed by atoms with van der Waals surface area (Å²) in [5.74, 6) is 1.08. The highest BCUT2D eigenvalue weighted by Crippen LogP contribution is 2.32. The quantitative estimate of drug-likeness (QED) is 0.502. The van der Waals surface area contributed by atoms with Crippen molar-refractivity contribution in [2.24, 2.45) is 0 Å². The van der Waals surface area contributed by atoms with Gasteiger partial charge >= 0.3 is 0 Å². The summed E-state index contributed by atoms with van der Waals surface area (Å²) in [6.07, 6.45) is 2.49. The molecule has 0 aliphatic carbocycles. The van der Waals surface area contributed by atoms with E-state index >= 15 is 0 Å². The number of aryl methyl sites for hydroxylation is 2. The Hall–Kier alpha value is -3.09. The zero-order valence-corrected chi connectivity index (χ0v) is 14.5. The van der Waals surface area contributed by atoms with Gasteiger partial charge in [0.15, 0.2) is 17.6 Å². The van der Waals surface area contributed by atoms with Gasteiger partial charge in [-0.25, -0.2) is 18.9 Å². The Balaban J connectivity index is 1.45. The number of aromatic nitrogens is 6. The Bertz CT molecular complexity index is 1100. The summed E-state index contributed by atoms with van der Waals surface area (Å²) in [6, 6.07) is 8.18. The van der Waals surface area contributed by atoms with Crippen LogP contribution in [0.25, 0.3) is 17.0 Å². The minimum atomic E-state index is -1.31. The van der Waals surface area contributed by atoms with Crippen LogP contribution in [0.5, 0.6) is 0 Å². The summed E-state index contributed by atoms with van der Waals surface area (Å²) < 4.78 is 18.6. The predicted molar refractivity (Wildman–Crippen MR) is 94.6 cm³/mol. The van der Waals surface area contributed by atoms with Crippen LogP contribution in [0.3, 0.4) is 0 Å². The van der Waals surface area contributed by atoms with Crippen molar-refractivity contribution in [2.45, 2.75) is 33.0 Å². The summed E-state index contributed by atoms with van der Waals surface area (Å²) in [5.41, 5.74) is 5.25. The van der Waals surface area contributed by atoms with Crippen molar-refractivity contribution < 1.29 is 4.39 Å². The number of imidazole rings is 1. The highest BCUT2D eigenvalue weighted by molar-refractivity contribution is 5.65. The van der Waals surface area contributed by atoms with E-state index in [4.69, 9.17) is 0 Å². The summed E-state index contributed by atoms with van der Waals surface area (Å²) in [6.45, 7) is 4.51. The molecule has 4 heterocycles. The molecule has 0 spiro atoms. The molecule has 0 amide bonds. The average Bonchev–Trinajstić information content (AvgIpc) is 3.31. The van der Waals surface area contributed by atoms with Gasteiger partial charge in [0, 0.05) is 30.9 Å². The standard InChI is InChI=1S/C19H17FN6/c1-11-8-21-12(2)18-23-17(24-26(11)18)16(20)7-14-10-25-9-13-5-3-4-6-15(13)19(25)22-14/h3-6,8,10,16H,7,9H2,1-2H3. The van der Waals surface area contributed by atoms with Gasteiger partial charge in [-0.1, -0.05) is 24.3 Å². The van der Waals surface area contributed by atoms with Gasteiger partial charge in [-0.3, -0.25) is 4.98 Å². The van der Waals surface area contributed by atoms with Gasteiger partial charge in [0.1, 0.15) is 5.82 Å². The van der Waals surface area contributed by atoms with Gasteiger partial charge < -0.3 is 4.57 Å². The van der Waals surface area contributed by atoms with Crippen molar-refractivity contribution in [1.29, 1.82) is 0 Å². The molecule has 1 aliphatic heterocycles. The minimum absolute atomic E-state index is 0.157. The van der Waals surface area contributed by atoms with E-state index in [0.717, 1.165) is 29.3 Å². The number of fused-ring (bicyclic) bond motifs is 4. The van der Waals surface area contributed by atoms with Crippen molar-refractivity contribution in [1.82, 2.24) is 29.1 Å². The Morgan fingerprint density at radius 1 is 1.19 bits per heavy atom. The molecule has 1 unspecified atom stereocenters. The van der Waals surface area contributed by atoms with E-state index in [9.17, 15) is 4.39 Å². The number of hydrogen-bond acceptors (Lipinski definition) is 4. The number of benzene rings is 1. The third kappa shape index (κ3) is 2.23. The van der Waals surface area contributed by atoms with Crippen molar-refractivity contribution in [3.63, 3.8) is 0 Å². The van der Waals surface area contributed by atoms with Crippen molar-refractivity contribution in [3.05, 3.63) is 65.1 Å². The molecule has 0 fully saturated rings. The van der Waals surface area contributed by atoms with Crippen LogP contribution in [0.1, 0.15) is 34.6 Å². The van der Waals surface area contributed by atoms with Crippen LogP contribution in [0.15, 0.2) is 36.7 Å². The maximum Gasteiger partial charge on any atom is 0.186 e. The second-order valence-corrected chi connectivity index (χ2v) is 6.70. The van der Waals surface area contributed by atoms with Crippen LogP contribution < -0.4 is 0 Å². The third-order valence-corrected chi connectivity index (χ3v) is 4.82. The largest absolute Gasteiger partial charge is 0.326 e. The first kappa shape index (κ1) is 15.2. The molecule has 7 heteroatoms. The fourth-order valence-corrected chi connectivity index (χ4v) is 3.48. The summed E-state index contributed by atoms with van der Waals surface area (Å²) >= 11 is 0. The maximum absolute atomic E-state index is 14.9. The van der Waals surface area contributed by atoms with Crippen LogP contribution in [0.4, 0.5) is 4.39 Å². The lowest BCUT2D eigenvalue weighted by atomic mass is 10.1. The molecule has 1 aromatic carbocycles. The van der Waals surface area contributed by atoms with E-state index in [1.165, 1.54) is 5.56 Å². The fraction of sp³-hybridized carbons (Fsp3) is 0.263. The average molecular weight is 348 g/mol. The van der Waals surface area contributed by atoms with Crippen LogP contribution in [-0.4, -0.2) is 29.1 Å². The first-order valence-electron chi connectivity index (χ1n) is 8.57. The van der Waals surface area contributed by atoms with Gasteiger partial charge in [-0.2, -0.15) is 0 Å². The number of nitrogens with zero attached hydrogens (tertiary/aromatic N) is 6. The molecule has 1 aliphatic rings. The molecular weight excluding hydrogens is 331 g/mol. The molecule has 4 aromatic rings. The van der Waals surface area contributed by atoms with Gasteiger partial charge in [0.2, 0.25) is 0 Å². The lowest BCUT2D eigenvalue weighted by molar-refractivity contribution is 0.324. The monoisotopic (exact) mass is 348 g/mol. The van der Waals surface area contributed by atoms with Crippen LogP contribution in [-0.2, 0) is 13.0 Å². The first-order chi connectivity index (χ1) is 12.6. The molecule has 1 atom stereocenters. The SMILES string of the molecule is Cc1ncc(C)n2nc(C(F)Cc3cn4c(n3)-c3ccccc3C4)nc12. The molecule has 130 valence electrons. The Kier molecular flexibility index (Phi) is 3.19. The second kappa shape index (κ2) is 5.45. The number of halogens is 1. The summed E-state index contributed by atoms with van der Waals surface area (Å²) in [5, 5.41) is 4.32. The highest BCUT2D eigenvalue weighted by atomic mass is 19.1. The van der Waals surface area contributed by atoms with Gasteiger partial charge in [-0.05, 0) is 19.4 Å². The number of alkyl halides is 1. The van der Waals surface area contributed by atoms with Crippen LogP contribution in [0.2, 0.25) is 0 Å². The number of hydrogen-bond donors (Lipinski definition) is 0. The molecule has 6 nitrogen and oxygen atoms in total. The van der Waals surface area contributed by atoms with E-state index in [1.54, 1.807) is 10.7 Å². The van der Waals surface area contributed by atoms with Crippen LogP contribution in [0, 0.1) is 13.8 Å². The Morgan fingerprint density at radius 3 is 2.88 bits per heavy atom. The molecule has 26 heavy (non-hydrogen) atoms. The van der Waals surface area contributed by atoms with E-state index in [2.05, 4.69) is 36.8 Å². The number of rotatable bonds is 3. The van der Waals surface area contributed by atoms with Gasteiger partial charge in [-0.15, -0.1) is 5.10 Å². The molecule has 5 rings (SSSR count). The second-order valence-electron chi connectivity index (χ2n) is 6.70. The van der Waals surface area contributed by atoms with E-state index < -0.39 is 6.17 Å². The first-order valence-corrected chi connectivity index (χ1v) is 8.57. The van der Waals surface area contributed by atoms with Crippen molar-refractivity contribution in [2.75, 3.05) is 0 Å². The topological polar surface area (TPSA) is 60.9 Å². The molecule has 0 N–H and O–H groups in total. The molecule has 0 saturated heterocycles. The molecule has 3 aromatic heterocycles. The normalized spacial score (nSPS) is 13.8. The smallest absolute Gasteiger partial charge is 0.186 e. The molecule has 0 radical (unpaired) electrons.